The quantitative estimate of drug-likeness (QED) is 0.333. The molecule has 0 spiro atoms. The van der Waals surface area contributed by atoms with Gasteiger partial charge in [0.1, 0.15) is 0 Å². The minimum absolute atomic E-state index is 0.565. The third kappa shape index (κ3) is 5.73. The largest absolute Gasteiger partial charge is 0.493 e. The molecule has 0 saturated carbocycles. The highest BCUT2D eigenvalue weighted by atomic mass is 16.5. The molecule has 0 amide bonds. The summed E-state index contributed by atoms with van der Waals surface area (Å²) in [5, 5.41) is 6.47. The Morgan fingerprint density at radius 1 is 1.13 bits per heavy atom. The number of ether oxygens (including phenoxy) is 3. The standard InChI is InChI=1S/C17H27N3O3/c1-6-8-9-10-19-17(18-7-2)20-13-11-14(21-3)16(23-5)15(12-13)22-4/h6,8,11-12H,7,9-10H2,1-5H3,(H2,18,19,20)/b8-6+. The number of methoxy groups -OCH3 is 3. The summed E-state index contributed by atoms with van der Waals surface area (Å²) < 4.78 is 16.0. The van der Waals surface area contributed by atoms with E-state index in [1.165, 1.54) is 0 Å². The van der Waals surface area contributed by atoms with Crippen LogP contribution in [0.15, 0.2) is 29.3 Å². The van der Waals surface area contributed by atoms with Gasteiger partial charge in [0.2, 0.25) is 5.75 Å². The summed E-state index contributed by atoms with van der Waals surface area (Å²) in [5.41, 5.74) is 0.810. The molecule has 1 aromatic rings. The van der Waals surface area contributed by atoms with Gasteiger partial charge in [0.15, 0.2) is 17.5 Å². The van der Waals surface area contributed by atoms with E-state index < -0.39 is 0 Å². The fraction of sp³-hybridized carbons (Fsp3) is 0.471. The second-order valence-corrected chi connectivity index (χ2v) is 4.66. The average molecular weight is 321 g/mol. The summed E-state index contributed by atoms with van der Waals surface area (Å²) in [4.78, 5) is 4.53. The van der Waals surface area contributed by atoms with E-state index in [0.29, 0.717) is 29.8 Å². The summed E-state index contributed by atoms with van der Waals surface area (Å²) in [6.07, 6.45) is 5.02. The van der Waals surface area contributed by atoms with Crippen molar-refractivity contribution in [3.05, 3.63) is 24.3 Å². The van der Waals surface area contributed by atoms with Crippen molar-refractivity contribution in [1.29, 1.82) is 0 Å². The van der Waals surface area contributed by atoms with Crippen molar-refractivity contribution in [3.63, 3.8) is 0 Å². The van der Waals surface area contributed by atoms with E-state index in [9.17, 15) is 0 Å². The Kier molecular flexibility index (Phi) is 8.42. The zero-order chi connectivity index (χ0) is 17.1. The van der Waals surface area contributed by atoms with Crippen LogP contribution < -0.4 is 24.8 Å². The molecule has 0 atom stereocenters. The zero-order valence-corrected chi connectivity index (χ0v) is 14.6. The van der Waals surface area contributed by atoms with E-state index in [1.54, 1.807) is 21.3 Å². The Balaban J connectivity index is 2.98. The summed E-state index contributed by atoms with van der Waals surface area (Å²) in [6.45, 7) is 5.52. The smallest absolute Gasteiger partial charge is 0.203 e. The zero-order valence-electron chi connectivity index (χ0n) is 14.6. The molecule has 0 radical (unpaired) electrons. The Morgan fingerprint density at radius 3 is 2.26 bits per heavy atom. The van der Waals surface area contributed by atoms with Crippen molar-refractivity contribution in [2.45, 2.75) is 20.3 Å². The highest BCUT2D eigenvalue weighted by molar-refractivity contribution is 5.94. The van der Waals surface area contributed by atoms with Crippen LogP contribution in [0, 0.1) is 0 Å². The number of aliphatic imine (C=N–C) groups is 1. The molecule has 0 aromatic heterocycles. The van der Waals surface area contributed by atoms with Gasteiger partial charge in [-0.05, 0) is 20.3 Å². The fourth-order valence-corrected chi connectivity index (χ4v) is 2.01. The molecule has 23 heavy (non-hydrogen) atoms. The van der Waals surface area contributed by atoms with Crippen molar-refractivity contribution >= 4 is 11.6 Å². The van der Waals surface area contributed by atoms with Crippen LogP contribution in [-0.2, 0) is 0 Å². The van der Waals surface area contributed by atoms with Gasteiger partial charge in [-0.15, -0.1) is 0 Å². The predicted molar refractivity (Wildman–Crippen MR) is 95.1 cm³/mol. The summed E-state index contributed by atoms with van der Waals surface area (Å²) in [6, 6.07) is 3.69. The molecule has 0 fully saturated rings. The molecule has 0 bridgehead atoms. The Morgan fingerprint density at radius 2 is 1.78 bits per heavy atom. The average Bonchev–Trinajstić information content (AvgIpc) is 2.57. The highest BCUT2D eigenvalue weighted by Gasteiger charge is 2.13. The van der Waals surface area contributed by atoms with Crippen LogP contribution in [0.25, 0.3) is 0 Å². The first-order chi connectivity index (χ1) is 11.2. The molecule has 0 unspecified atom stereocenters. The van der Waals surface area contributed by atoms with E-state index >= 15 is 0 Å². The number of hydrogen-bond donors (Lipinski definition) is 2. The van der Waals surface area contributed by atoms with E-state index in [-0.39, 0.29) is 0 Å². The predicted octanol–water partition coefficient (Wildman–Crippen LogP) is 3.06. The minimum atomic E-state index is 0.565. The normalized spacial score (nSPS) is 11.4. The maximum Gasteiger partial charge on any atom is 0.203 e. The second-order valence-electron chi connectivity index (χ2n) is 4.66. The molecule has 0 aliphatic carbocycles. The van der Waals surface area contributed by atoms with Crippen LogP contribution in [0.3, 0.4) is 0 Å². The number of hydrogen-bond acceptors (Lipinski definition) is 4. The van der Waals surface area contributed by atoms with Gasteiger partial charge >= 0.3 is 0 Å². The molecular weight excluding hydrogens is 294 g/mol. The molecule has 128 valence electrons. The first kappa shape index (κ1) is 18.7. The van der Waals surface area contributed by atoms with E-state index in [0.717, 1.165) is 18.7 Å². The van der Waals surface area contributed by atoms with Gasteiger partial charge in [-0.3, -0.25) is 4.99 Å². The van der Waals surface area contributed by atoms with Crippen LogP contribution in [-0.4, -0.2) is 40.4 Å². The monoisotopic (exact) mass is 321 g/mol. The maximum absolute atomic E-state index is 5.36. The minimum Gasteiger partial charge on any atom is -0.493 e. The van der Waals surface area contributed by atoms with Gasteiger partial charge in [-0.1, -0.05) is 12.2 Å². The van der Waals surface area contributed by atoms with Crippen LogP contribution in [0.4, 0.5) is 5.69 Å². The van der Waals surface area contributed by atoms with Crippen molar-refractivity contribution < 1.29 is 14.2 Å². The molecule has 0 aliphatic rings. The SMILES string of the molecule is C/C=C/CCN=C(NCC)Nc1cc(OC)c(OC)c(OC)c1. The second kappa shape index (κ2) is 10.4. The van der Waals surface area contributed by atoms with Gasteiger partial charge in [0.25, 0.3) is 0 Å². The number of allylic oxidation sites excluding steroid dienone is 1. The Bertz CT molecular complexity index is 517. The summed E-state index contributed by atoms with van der Waals surface area (Å²) in [7, 11) is 4.77. The first-order valence-electron chi connectivity index (χ1n) is 7.66. The van der Waals surface area contributed by atoms with Crippen LogP contribution in [0.1, 0.15) is 20.3 Å². The van der Waals surface area contributed by atoms with Gasteiger partial charge in [-0.2, -0.15) is 0 Å². The molecule has 0 saturated heterocycles. The molecule has 6 nitrogen and oxygen atoms in total. The molecular formula is C17H27N3O3. The molecule has 1 rings (SSSR count). The number of nitrogens with zero attached hydrogens (tertiary/aromatic N) is 1. The molecule has 0 aliphatic heterocycles. The third-order valence-corrected chi connectivity index (χ3v) is 3.07. The molecule has 2 N–H and O–H groups in total. The van der Waals surface area contributed by atoms with Gasteiger partial charge in [0, 0.05) is 30.9 Å². The number of nitrogens with one attached hydrogen (secondary N) is 2. The number of guanidine groups is 1. The third-order valence-electron chi connectivity index (χ3n) is 3.07. The van der Waals surface area contributed by atoms with E-state index in [4.69, 9.17) is 14.2 Å². The first-order valence-corrected chi connectivity index (χ1v) is 7.66. The van der Waals surface area contributed by atoms with Gasteiger partial charge in [-0.25, -0.2) is 0 Å². The van der Waals surface area contributed by atoms with E-state index in [2.05, 4.69) is 21.7 Å². The molecule has 0 heterocycles. The summed E-state index contributed by atoms with van der Waals surface area (Å²) in [5.74, 6) is 2.47. The molecule has 6 heteroatoms. The fourth-order valence-electron chi connectivity index (χ4n) is 2.01. The lowest BCUT2D eigenvalue weighted by atomic mass is 10.2. The van der Waals surface area contributed by atoms with Crippen LogP contribution in [0.5, 0.6) is 17.2 Å². The highest BCUT2D eigenvalue weighted by Crippen LogP contribution is 2.39. The van der Waals surface area contributed by atoms with Crippen LogP contribution in [0.2, 0.25) is 0 Å². The van der Waals surface area contributed by atoms with Crippen molar-refractivity contribution in [2.24, 2.45) is 4.99 Å². The van der Waals surface area contributed by atoms with Crippen molar-refractivity contribution in [3.8, 4) is 17.2 Å². The number of benzene rings is 1. The van der Waals surface area contributed by atoms with Gasteiger partial charge in [0.05, 0.1) is 21.3 Å². The van der Waals surface area contributed by atoms with Crippen molar-refractivity contribution in [1.82, 2.24) is 5.32 Å². The number of anilines is 1. The lowest BCUT2D eigenvalue weighted by Crippen LogP contribution is -2.30. The topological polar surface area (TPSA) is 64.1 Å². The van der Waals surface area contributed by atoms with Crippen molar-refractivity contribution in [2.75, 3.05) is 39.7 Å². The van der Waals surface area contributed by atoms with Gasteiger partial charge < -0.3 is 24.8 Å². The Hall–Kier alpha value is -2.37. The lowest BCUT2D eigenvalue weighted by molar-refractivity contribution is 0.324. The Labute approximate surface area is 138 Å². The summed E-state index contributed by atoms with van der Waals surface area (Å²) >= 11 is 0. The van der Waals surface area contributed by atoms with Crippen LogP contribution >= 0.6 is 0 Å². The lowest BCUT2D eigenvalue weighted by Gasteiger charge is -2.16. The molecule has 1 aromatic carbocycles. The maximum atomic E-state index is 5.36. The number of rotatable bonds is 8. The van der Waals surface area contributed by atoms with E-state index in [1.807, 2.05) is 32.1 Å².